The lowest BCUT2D eigenvalue weighted by Gasteiger charge is -2.15. The first-order chi connectivity index (χ1) is 12.4. The Bertz CT molecular complexity index is 844. The standard InChI is InChI=1S/C19H20N4O3/c1-13(2)23-17(10-11-21-23)22-19(25)14(3)26-18(24)9-8-15-4-6-16(12-20)7-5-15/h4-11,13-14H,1-3H3,(H,22,25)/b9-8+/t14-/m0/s1. The summed E-state index contributed by atoms with van der Waals surface area (Å²) in [5, 5.41) is 15.6. The highest BCUT2D eigenvalue weighted by atomic mass is 16.5. The summed E-state index contributed by atoms with van der Waals surface area (Å²) in [4.78, 5) is 24.1. The molecule has 1 N–H and O–H groups in total. The van der Waals surface area contributed by atoms with Crippen LogP contribution < -0.4 is 5.32 Å². The molecule has 0 unspecified atom stereocenters. The van der Waals surface area contributed by atoms with Gasteiger partial charge in [-0.3, -0.25) is 4.79 Å². The monoisotopic (exact) mass is 352 g/mol. The van der Waals surface area contributed by atoms with E-state index in [4.69, 9.17) is 10.00 Å². The van der Waals surface area contributed by atoms with Crippen molar-refractivity contribution in [2.45, 2.75) is 32.9 Å². The zero-order valence-electron chi connectivity index (χ0n) is 14.8. The van der Waals surface area contributed by atoms with Crippen LogP contribution in [-0.2, 0) is 14.3 Å². The number of ether oxygens (including phenoxy) is 1. The number of hydrogen-bond acceptors (Lipinski definition) is 5. The van der Waals surface area contributed by atoms with Crippen LogP contribution >= 0.6 is 0 Å². The predicted molar refractivity (Wildman–Crippen MR) is 97.0 cm³/mol. The topological polar surface area (TPSA) is 97.0 Å². The second-order valence-corrected chi connectivity index (χ2v) is 5.89. The number of hydrogen-bond donors (Lipinski definition) is 1. The van der Waals surface area contributed by atoms with Crippen molar-refractivity contribution >= 4 is 23.8 Å². The molecule has 0 aliphatic carbocycles. The Morgan fingerprint density at radius 3 is 2.54 bits per heavy atom. The van der Waals surface area contributed by atoms with E-state index in [-0.39, 0.29) is 6.04 Å². The van der Waals surface area contributed by atoms with Crippen molar-refractivity contribution in [3.05, 3.63) is 53.7 Å². The molecule has 7 nitrogen and oxygen atoms in total. The molecule has 134 valence electrons. The van der Waals surface area contributed by atoms with Gasteiger partial charge in [-0.2, -0.15) is 10.4 Å². The van der Waals surface area contributed by atoms with Gasteiger partial charge in [0.05, 0.1) is 17.8 Å². The van der Waals surface area contributed by atoms with Crippen LogP contribution in [0.4, 0.5) is 5.82 Å². The van der Waals surface area contributed by atoms with E-state index in [1.807, 2.05) is 19.9 Å². The van der Waals surface area contributed by atoms with Crippen LogP contribution in [0.1, 0.15) is 37.9 Å². The molecule has 1 heterocycles. The number of aromatic nitrogens is 2. The fraction of sp³-hybridized carbons (Fsp3) is 0.263. The maximum atomic E-state index is 12.2. The lowest BCUT2D eigenvalue weighted by Crippen LogP contribution is -2.30. The average Bonchev–Trinajstić information content (AvgIpc) is 3.08. The fourth-order valence-electron chi connectivity index (χ4n) is 2.15. The SMILES string of the molecule is CC(C)n1nccc1NC(=O)[C@H](C)OC(=O)/C=C/c1ccc(C#N)cc1. The molecule has 0 radical (unpaired) electrons. The maximum Gasteiger partial charge on any atom is 0.331 e. The highest BCUT2D eigenvalue weighted by Gasteiger charge is 2.18. The van der Waals surface area contributed by atoms with E-state index < -0.39 is 18.0 Å². The van der Waals surface area contributed by atoms with Crippen LogP contribution in [0.25, 0.3) is 6.08 Å². The Hall–Kier alpha value is -3.40. The third-order valence-corrected chi connectivity index (χ3v) is 3.52. The molecule has 7 heteroatoms. The molecule has 1 aromatic heterocycles. The van der Waals surface area contributed by atoms with Gasteiger partial charge in [0, 0.05) is 18.2 Å². The van der Waals surface area contributed by atoms with Crippen molar-refractivity contribution < 1.29 is 14.3 Å². The number of nitrogens with zero attached hydrogens (tertiary/aromatic N) is 3. The smallest absolute Gasteiger partial charge is 0.331 e. The molecule has 2 rings (SSSR count). The van der Waals surface area contributed by atoms with Crippen molar-refractivity contribution in [1.82, 2.24) is 9.78 Å². The van der Waals surface area contributed by atoms with E-state index in [0.29, 0.717) is 11.4 Å². The first kappa shape index (κ1) is 18.9. The number of amides is 1. The number of anilines is 1. The van der Waals surface area contributed by atoms with E-state index in [1.165, 1.54) is 13.0 Å². The van der Waals surface area contributed by atoms with E-state index in [0.717, 1.165) is 5.56 Å². The molecule has 0 saturated carbocycles. The third kappa shape index (κ3) is 5.05. The van der Waals surface area contributed by atoms with Crippen LogP contribution in [0.15, 0.2) is 42.6 Å². The number of nitrogens with one attached hydrogen (secondary N) is 1. The van der Waals surface area contributed by atoms with Crippen LogP contribution in [-0.4, -0.2) is 27.8 Å². The fourth-order valence-corrected chi connectivity index (χ4v) is 2.15. The summed E-state index contributed by atoms with van der Waals surface area (Å²) in [6, 6.07) is 10.5. The summed E-state index contributed by atoms with van der Waals surface area (Å²) in [7, 11) is 0. The van der Waals surface area contributed by atoms with Crippen molar-refractivity contribution in [2.75, 3.05) is 5.32 Å². The first-order valence-corrected chi connectivity index (χ1v) is 8.14. The molecule has 26 heavy (non-hydrogen) atoms. The minimum Gasteiger partial charge on any atom is -0.449 e. The number of carbonyl (C=O) groups excluding carboxylic acids is 2. The highest BCUT2D eigenvalue weighted by molar-refractivity contribution is 5.96. The van der Waals surface area contributed by atoms with Gasteiger partial charge in [-0.15, -0.1) is 0 Å². The molecular weight excluding hydrogens is 332 g/mol. The van der Waals surface area contributed by atoms with Gasteiger partial charge in [0.15, 0.2) is 6.10 Å². The second-order valence-electron chi connectivity index (χ2n) is 5.89. The quantitative estimate of drug-likeness (QED) is 0.637. The second kappa shape index (κ2) is 8.62. The predicted octanol–water partition coefficient (Wildman–Crippen LogP) is 2.92. The molecular formula is C19H20N4O3. The van der Waals surface area contributed by atoms with Gasteiger partial charge >= 0.3 is 5.97 Å². The highest BCUT2D eigenvalue weighted by Crippen LogP contribution is 2.13. The molecule has 0 saturated heterocycles. The largest absolute Gasteiger partial charge is 0.449 e. The molecule has 0 bridgehead atoms. The van der Waals surface area contributed by atoms with Gasteiger partial charge in [0.2, 0.25) is 0 Å². The first-order valence-electron chi connectivity index (χ1n) is 8.14. The lowest BCUT2D eigenvalue weighted by molar-refractivity contribution is -0.148. The number of benzene rings is 1. The zero-order chi connectivity index (χ0) is 19.1. The molecule has 2 aromatic rings. The number of rotatable bonds is 6. The Morgan fingerprint density at radius 1 is 1.23 bits per heavy atom. The maximum absolute atomic E-state index is 12.2. The van der Waals surface area contributed by atoms with E-state index in [9.17, 15) is 9.59 Å². The zero-order valence-corrected chi connectivity index (χ0v) is 14.8. The molecule has 0 aliphatic rings. The normalized spacial score (nSPS) is 12.0. The summed E-state index contributed by atoms with van der Waals surface area (Å²) in [6.07, 6.45) is 3.43. The third-order valence-electron chi connectivity index (χ3n) is 3.52. The lowest BCUT2D eigenvalue weighted by atomic mass is 10.1. The summed E-state index contributed by atoms with van der Waals surface area (Å²) < 4.78 is 6.77. The molecule has 0 spiro atoms. The van der Waals surface area contributed by atoms with Gasteiger partial charge in [0.1, 0.15) is 5.82 Å². The van der Waals surface area contributed by atoms with Crippen molar-refractivity contribution in [2.24, 2.45) is 0 Å². The van der Waals surface area contributed by atoms with Crippen molar-refractivity contribution in [3.63, 3.8) is 0 Å². The van der Waals surface area contributed by atoms with Gasteiger partial charge in [-0.25, -0.2) is 9.48 Å². The Kier molecular flexibility index (Phi) is 6.28. The van der Waals surface area contributed by atoms with E-state index in [2.05, 4.69) is 10.4 Å². The molecule has 0 aliphatic heterocycles. The Morgan fingerprint density at radius 2 is 1.92 bits per heavy atom. The Labute approximate surface area is 151 Å². The minimum atomic E-state index is -0.955. The van der Waals surface area contributed by atoms with Crippen LogP contribution in [0.3, 0.4) is 0 Å². The molecule has 0 fully saturated rings. The minimum absolute atomic E-state index is 0.0912. The van der Waals surface area contributed by atoms with Crippen molar-refractivity contribution in [3.8, 4) is 6.07 Å². The van der Waals surface area contributed by atoms with E-state index in [1.54, 1.807) is 47.3 Å². The Balaban J connectivity index is 1.91. The average molecular weight is 352 g/mol. The number of esters is 1. The molecule has 1 aromatic carbocycles. The van der Waals surface area contributed by atoms with Gasteiger partial charge < -0.3 is 10.1 Å². The number of nitriles is 1. The van der Waals surface area contributed by atoms with Gasteiger partial charge in [-0.05, 0) is 44.5 Å². The van der Waals surface area contributed by atoms with Crippen LogP contribution in [0, 0.1) is 11.3 Å². The molecule has 1 atom stereocenters. The van der Waals surface area contributed by atoms with Crippen LogP contribution in [0.5, 0.6) is 0 Å². The molecule has 1 amide bonds. The summed E-state index contributed by atoms with van der Waals surface area (Å²) >= 11 is 0. The summed E-state index contributed by atoms with van der Waals surface area (Å²) in [6.45, 7) is 5.39. The van der Waals surface area contributed by atoms with E-state index >= 15 is 0 Å². The summed E-state index contributed by atoms with van der Waals surface area (Å²) in [5.74, 6) is -0.525. The van der Waals surface area contributed by atoms with Crippen molar-refractivity contribution in [1.29, 1.82) is 5.26 Å². The number of carbonyl (C=O) groups is 2. The van der Waals surface area contributed by atoms with Crippen LogP contribution in [0.2, 0.25) is 0 Å². The van der Waals surface area contributed by atoms with Gasteiger partial charge in [-0.1, -0.05) is 12.1 Å². The summed E-state index contributed by atoms with van der Waals surface area (Å²) in [5.41, 5.74) is 1.29. The van der Waals surface area contributed by atoms with Gasteiger partial charge in [0.25, 0.3) is 5.91 Å².